The highest BCUT2D eigenvalue weighted by molar-refractivity contribution is 6.06. The summed E-state index contributed by atoms with van der Waals surface area (Å²) in [6.07, 6.45) is 7.27. The Morgan fingerprint density at radius 3 is 2.24 bits per heavy atom. The number of hydrogen-bond acceptors (Lipinski definition) is 9. The molecule has 2 heterocycles. The van der Waals surface area contributed by atoms with Crippen LogP contribution in [0.5, 0.6) is 17.2 Å². The van der Waals surface area contributed by atoms with E-state index in [1.165, 1.54) is 32.1 Å². The van der Waals surface area contributed by atoms with Crippen LogP contribution >= 0.6 is 0 Å². The molecule has 0 unspecified atom stereocenters. The lowest BCUT2D eigenvalue weighted by Gasteiger charge is -2.21. The van der Waals surface area contributed by atoms with Gasteiger partial charge in [0.05, 0.1) is 38.8 Å². The van der Waals surface area contributed by atoms with Crippen LogP contribution in [0.3, 0.4) is 0 Å². The zero-order chi connectivity index (χ0) is 35.9. The van der Waals surface area contributed by atoms with Gasteiger partial charge in [-0.1, -0.05) is 32.1 Å². The molecule has 5 rings (SSSR count). The molecule has 1 aliphatic carbocycles. The summed E-state index contributed by atoms with van der Waals surface area (Å²) >= 11 is 0. The number of methoxy groups -OCH3 is 3. The molecule has 4 aromatic rings. The number of carbonyl (C=O) groups excluding carboxylic acids is 2. The molecule has 2 aromatic carbocycles. The number of amides is 1. The van der Waals surface area contributed by atoms with Crippen molar-refractivity contribution < 1.29 is 28.6 Å². The Hall–Kier alpha value is -4.58. The molecule has 1 amide bonds. The number of nitrogens with one attached hydrogen (secondary N) is 1. The molecule has 0 spiro atoms. The molecule has 0 saturated heterocycles. The molecule has 270 valence electrons. The van der Waals surface area contributed by atoms with E-state index >= 15 is 0 Å². The first-order chi connectivity index (χ1) is 24.1. The van der Waals surface area contributed by atoms with E-state index in [9.17, 15) is 9.59 Å². The number of aromatic nitrogens is 4. The van der Waals surface area contributed by atoms with E-state index in [0.717, 1.165) is 39.6 Å². The highest BCUT2D eigenvalue weighted by atomic mass is 16.7. The molecule has 2 aromatic heterocycles. The number of hydrogen-bond donors (Lipinski definition) is 1. The number of rotatable bonds is 15. The molecule has 0 radical (unpaired) electrons. The molecule has 0 atom stereocenters. The Morgan fingerprint density at radius 1 is 0.880 bits per heavy atom. The van der Waals surface area contributed by atoms with E-state index < -0.39 is 5.91 Å². The fourth-order valence-electron chi connectivity index (χ4n) is 6.95. The van der Waals surface area contributed by atoms with Gasteiger partial charge >= 0.3 is 5.97 Å². The predicted octanol–water partition coefficient (Wildman–Crippen LogP) is 7.26. The van der Waals surface area contributed by atoms with Crippen molar-refractivity contribution in [3.05, 3.63) is 46.6 Å². The number of ether oxygens (including phenoxy) is 3. The third-order valence-electron chi connectivity index (χ3n) is 10.00. The largest absolute Gasteiger partial charge is 0.496 e. The number of hydroxylamine groups is 2. The van der Waals surface area contributed by atoms with Crippen molar-refractivity contribution in [2.75, 3.05) is 39.7 Å². The van der Waals surface area contributed by atoms with Crippen molar-refractivity contribution in [2.45, 2.75) is 92.7 Å². The van der Waals surface area contributed by atoms with Gasteiger partial charge < -0.3 is 23.6 Å². The van der Waals surface area contributed by atoms with Crippen LogP contribution in [-0.2, 0) is 22.7 Å². The lowest BCUT2D eigenvalue weighted by Crippen LogP contribution is -2.27. The first-order valence-electron chi connectivity index (χ1n) is 17.7. The summed E-state index contributed by atoms with van der Waals surface area (Å²) in [5, 5.41) is 10.3. The summed E-state index contributed by atoms with van der Waals surface area (Å²) in [5.74, 6) is 2.68. The third-order valence-corrected chi connectivity index (χ3v) is 10.00. The molecule has 1 fully saturated rings. The van der Waals surface area contributed by atoms with Gasteiger partial charge in [-0.05, 0) is 81.8 Å². The number of anilines is 1. The maximum Gasteiger partial charge on any atom is 0.326 e. The van der Waals surface area contributed by atoms with Crippen molar-refractivity contribution in [3.63, 3.8) is 0 Å². The Bertz CT molecular complexity index is 1820. The Balaban J connectivity index is 1.52. The van der Waals surface area contributed by atoms with Crippen LogP contribution in [0.1, 0.15) is 86.0 Å². The number of fused-ring (bicyclic) bond motifs is 1. The van der Waals surface area contributed by atoms with E-state index in [1.54, 1.807) is 26.4 Å². The summed E-state index contributed by atoms with van der Waals surface area (Å²) in [4.78, 5) is 37.4. The quantitative estimate of drug-likeness (QED) is 0.129. The zero-order valence-electron chi connectivity index (χ0n) is 30.9. The predicted molar refractivity (Wildman–Crippen MR) is 194 cm³/mol. The molecule has 0 bridgehead atoms. The van der Waals surface area contributed by atoms with Gasteiger partial charge in [0.25, 0.3) is 5.91 Å². The van der Waals surface area contributed by atoms with Gasteiger partial charge in [0.1, 0.15) is 22.9 Å². The van der Waals surface area contributed by atoms with E-state index in [2.05, 4.69) is 5.32 Å². The van der Waals surface area contributed by atoms with Crippen LogP contribution < -0.4 is 19.5 Å². The number of aryl methyl sites for hydroxylation is 4. The van der Waals surface area contributed by atoms with Crippen LogP contribution in [0, 0.1) is 26.7 Å². The maximum absolute atomic E-state index is 14.2. The van der Waals surface area contributed by atoms with E-state index in [4.69, 9.17) is 29.1 Å². The molecule has 0 aliphatic heterocycles. The van der Waals surface area contributed by atoms with Gasteiger partial charge in [-0.25, -0.2) is 4.68 Å². The summed E-state index contributed by atoms with van der Waals surface area (Å²) in [6.45, 7) is 11.9. The van der Waals surface area contributed by atoms with Crippen LogP contribution in [-0.4, -0.2) is 70.7 Å². The SMILES string of the molecule is CCN(CC)OC(=O)CCn1c(C(=O)Nc2nc(-c3cc(OC)c(C)cc3OC)n(CCC3CCCCC3)n2)cc2c(C)c(C)c(OC)cc21. The van der Waals surface area contributed by atoms with Gasteiger partial charge in [0.15, 0.2) is 5.82 Å². The summed E-state index contributed by atoms with van der Waals surface area (Å²) < 4.78 is 20.8. The molecular formula is C38H52N6O6. The monoisotopic (exact) mass is 688 g/mol. The average molecular weight is 689 g/mol. The number of nitrogens with zero attached hydrogens (tertiary/aromatic N) is 5. The van der Waals surface area contributed by atoms with Crippen molar-refractivity contribution >= 4 is 28.7 Å². The molecule has 50 heavy (non-hydrogen) atoms. The molecule has 1 N–H and O–H groups in total. The van der Waals surface area contributed by atoms with Crippen molar-refractivity contribution in [2.24, 2.45) is 5.92 Å². The van der Waals surface area contributed by atoms with Crippen LogP contribution in [0.15, 0.2) is 24.3 Å². The van der Waals surface area contributed by atoms with E-state index in [0.29, 0.717) is 54.3 Å². The van der Waals surface area contributed by atoms with Gasteiger partial charge in [0.2, 0.25) is 5.95 Å². The molecule has 1 saturated carbocycles. The van der Waals surface area contributed by atoms with E-state index in [-0.39, 0.29) is 24.9 Å². The lowest BCUT2D eigenvalue weighted by molar-refractivity contribution is -0.188. The second-order valence-corrected chi connectivity index (χ2v) is 13.0. The van der Waals surface area contributed by atoms with Crippen molar-refractivity contribution in [1.29, 1.82) is 0 Å². The summed E-state index contributed by atoms with van der Waals surface area (Å²) in [6, 6.07) is 7.61. The van der Waals surface area contributed by atoms with Crippen LogP contribution in [0.4, 0.5) is 5.95 Å². The minimum absolute atomic E-state index is 0.0725. The fourth-order valence-corrected chi connectivity index (χ4v) is 6.95. The lowest BCUT2D eigenvalue weighted by atomic mass is 9.87. The second kappa shape index (κ2) is 16.4. The molecule has 12 nitrogen and oxygen atoms in total. The normalized spacial score (nSPS) is 13.5. The van der Waals surface area contributed by atoms with Crippen LogP contribution in [0.25, 0.3) is 22.3 Å². The zero-order valence-corrected chi connectivity index (χ0v) is 30.9. The minimum atomic E-state index is -0.390. The first kappa shape index (κ1) is 36.7. The van der Waals surface area contributed by atoms with Crippen LogP contribution in [0.2, 0.25) is 0 Å². The smallest absolute Gasteiger partial charge is 0.326 e. The highest BCUT2D eigenvalue weighted by Gasteiger charge is 2.25. The van der Waals surface area contributed by atoms with Crippen molar-refractivity contribution in [3.8, 4) is 28.6 Å². The standard InChI is InChI=1S/C38H52N6O6/c1-9-42(10-2)50-35(45)17-18-43-30-23-33(48-7)26(5)25(4)28(30)21-31(43)37(46)40-38-39-36(29-22-32(47-6)24(3)20-34(29)49-8)44(41-38)19-16-27-14-12-11-13-15-27/h20-23,27H,9-19H2,1-8H3,(H,40,41,46). The second-order valence-electron chi connectivity index (χ2n) is 13.0. The van der Waals surface area contributed by atoms with Gasteiger partial charge in [-0.2, -0.15) is 4.98 Å². The molecule has 1 aliphatic rings. The van der Waals surface area contributed by atoms with Gasteiger partial charge in [-0.15, -0.1) is 10.2 Å². The summed E-state index contributed by atoms with van der Waals surface area (Å²) in [7, 11) is 4.90. The fraction of sp³-hybridized carbons (Fsp3) is 0.526. The average Bonchev–Trinajstić information content (AvgIpc) is 3.71. The summed E-state index contributed by atoms with van der Waals surface area (Å²) in [5.41, 5.74) is 4.80. The first-order valence-corrected chi connectivity index (χ1v) is 17.7. The van der Waals surface area contributed by atoms with Gasteiger partial charge in [0, 0.05) is 37.6 Å². The van der Waals surface area contributed by atoms with Crippen molar-refractivity contribution in [1.82, 2.24) is 24.4 Å². The Morgan fingerprint density at radius 2 is 1.58 bits per heavy atom. The molecule has 12 heteroatoms. The topological polar surface area (TPSA) is 122 Å². The number of benzene rings is 2. The number of carbonyl (C=O) groups is 2. The van der Waals surface area contributed by atoms with E-state index in [1.807, 2.05) is 68.1 Å². The highest BCUT2D eigenvalue weighted by Crippen LogP contribution is 2.37. The van der Waals surface area contributed by atoms with Gasteiger partial charge in [-0.3, -0.25) is 14.9 Å². The minimum Gasteiger partial charge on any atom is -0.496 e. The Labute approximate surface area is 295 Å². The third kappa shape index (κ3) is 7.90. The maximum atomic E-state index is 14.2. The molecular weight excluding hydrogens is 636 g/mol. The Kier molecular flexibility index (Phi) is 12.0.